The van der Waals surface area contributed by atoms with Gasteiger partial charge in [0.15, 0.2) is 0 Å². The maximum Gasteiger partial charge on any atom is 0.390 e. The van der Waals surface area contributed by atoms with Crippen molar-refractivity contribution < 1.29 is 23.1 Å². The van der Waals surface area contributed by atoms with Crippen molar-refractivity contribution in [3.05, 3.63) is 52.4 Å². The molecule has 35 heavy (non-hydrogen) atoms. The number of aromatic nitrogens is 2. The molecule has 0 radical (unpaired) electrons. The second kappa shape index (κ2) is 10.7. The first kappa shape index (κ1) is 25.7. The predicted octanol–water partition coefficient (Wildman–Crippen LogP) is 3.47. The van der Waals surface area contributed by atoms with Crippen molar-refractivity contribution in [2.45, 2.75) is 50.4 Å². The Hall–Kier alpha value is -2.43. The molecule has 0 unspecified atom stereocenters. The predicted molar refractivity (Wildman–Crippen MR) is 126 cm³/mol. The highest BCUT2D eigenvalue weighted by molar-refractivity contribution is 6.30. The number of rotatable bonds is 7. The van der Waals surface area contributed by atoms with Gasteiger partial charge >= 0.3 is 6.18 Å². The number of anilines is 1. The molecule has 190 valence electrons. The number of halogens is 4. The van der Waals surface area contributed by atoms with E-state index in [-0.39, 0.29) is 24.8 Å². The second-order valence-electron chi connectivity index (χ2n) is 9.16. The Morgan fingerprint density at radius 1 is 1.20 bits per heavy atom. The van der Waals surface area contributed by atoms with Crippen LogP contribution in [0.3, 0.4) is 0 Å². The lowest BCUT2D eigenvalue weighted by atomic mass is 10.0. The monoisotopic (exact) mass is 511 g/mol. The normalized spacial score (nSPS) is 21.2. The molecule has 3 atom stereocenters. The Balaban J connectivity index is 1.42. The third kappa shape index (κ3) is 6.23. The molecule has 1 fully saturated rings. The van der Waals surface area contributed by atoms with Crippen molar-refractivity contribution in [2.24, 2.45) is 0 Å². The van der Waals surface area contributed by atoms with Gasteiger partial charge in [-0.3, -0.25) is 4.79 Å². The van der Waals surface area contributed by atoms with Crippen molar-refractivity contribution in [1.29, 1.82) is 0 Å². The number of aliphatic hydroxyl groups is 1. The maximum absolute atomic E-state index is 13.3. The Bertz CT molecular complexity index is 1030. The molecular weight excluding hydrogens is 483 g/mol. The van der Waals surface area contributed by atoms with E-state index in [4.69, 9.17) is 11.6 Å². The lowest BCUT2D eigenvalue weighted by Crippen LogP contribution is -2.55. The summed E-state index contributed by atoms with van der Waals surface area (Å²) in [4.78, 5) is 25.8. The first-order valence-electron chi connectivity index (χ1n) is 11.7. The number of nitrogens with zero attached hydrogens (tertiary/aromatic N) is 4. The first-order valence-corrected chi connectivity index (χ1v) is 12.1. The molecule has 1 saturated heterocycles. The average molecular weight is 512 g/mol. The van der Waals surface area contributed by atoms with E-state index >= 15 is 0 Å². The van der Waals surface area contributed by atoms with Gasteiger partial charge in [-0.05, 0) is 36.5 Å². The summed E-state index contributed by atoms with van der Waals surface area (Å²) in [5.74, 6) is 0.697. The van der Waals surface area contributed by atoms with Crippen LogP contribution in [0.1, 0.15) is 48.6 Å². The van der Waals surface area contributed by atoms with Gasteiger partial charge < -0.3 is 20.2 Å². The van der Waals surface area contributed by atoms with Crippen LogP contribution in [0.25, 0.3) is 0 Å². The van der Waals surface area contributed by atoms with Crippen LogP contribution in [0.4, 0.5) is 19.0 Å². The van der Waals surface area contributed by atoms with Crippen molar-refractivity contribution in [1.82, 2.24) is 20.2 Å². The van der Waals surface area contributed by atoms with Crippen molar-refractivity contribution in [3.8, 4) is 0 Å². The van der Waals surface area contributed by atoms with Gasteiger partial charge in [0.2, 0.25) is 5.91 Å². The molecule has 0 saturated carbocycles. The van der Waals surface area contributed by atoms with Crippen LogP contribution >= 0.6 is 11.6 Å². The molecule has 1 aromatic carbocycles. The summed E-state index contributed by atoms with van der Waals surface area (Å²) in [6.45, 7) is 3.62. The van der Waals surface area contributed by atoms with Crippen LogP contribution < -0.4 is 10.2 Å². The molecule has 2 N–H and O–H groups in total. The minimum atomic E-state index is -4.30. The van der Waals surface area contributed by atoms with E-state index in [0.29, 0.717) is 43.3 Å². The summed E-state index contributed by atoms with van der Waals surface area (Å²) >= 11 is 5.94. The lowest BCUT2D eigenvalue weighted by Gasteiger charge is -2.38. The van der Waals surface area contributed by atoms with Gasteiger partial charge in [0, 0.05) is 43.3 Å². The number of aliphatic hydroxyl groups excluding tert-OH is 1. The van der Waals surface area contributed by atoms with Gasteiger partial charge in [0.1, 0.15) is 12.1 Å². The minimum Gasteiger partial charge on any atom is -0.387 e. The fourth-order valence-corrected chi connectivity index (χ4v) is 4.93. The largest absolute Gasteiger partial charge is 0.390 e. The summed E-state index contributed by atoms with van der Waals surface area (Å²) in [6, 6.07) is 6.17. The zero-order valence-corrected chi connectivity index (χ0v) is 20.2. The van der Waals surface area contributed by atoms with Gasteiger partial charge in [-0.15, -0.1) is 0 Å². The molecule has 1 aromatic heterocycles. The number of carbonyl (C=O) groups is 1. The zero-order valence-electron chi connectivity index (χ0n) is 19.4. The van der Waals surface area contributed by atoms with Crippen LogP contribution in [0.15, 0.2) is 30.6 Å². The Morgan fingerprint density at radius 3 is 2.54 bits per heavy atom. The summed E-state index contributed by atoms with van der Waals surface area (Å²) in [7, 11) is 0. The van der Waals surface area contributed by atoms with E-state index in [1.54, 1.807) is 29.2 Å². The Morgan fingerprint density at radius 2 is 1.89 bits per heavy atom. The summed E-state index contributed by atoms with van der Waals surface area (Å²) in [6.07, 6.45) is -3.57. The maximum atomic E-state index is 13.3. The molecule has 4 rings (SSSR count). The molecule has 2 aliphatic rings. The number of amides is 1. The van der Waals surface area contributed by atoms with Crippen LogP contribution in [-0.2, 0) is 11.2 Å². The van der Waals surface area contributed by atoms with Gasteiger partial charge in [-0.1, -0.05) is 30.7 Å². The highest BCUT2D eigenvalue weighted by atomic mass is 35.5. The SMILES string of the molecule is C[C@@H]1C[C@@H](O)c2ncnc(N3CCN(C(=O)[C@@H](Cc4ccc(Cl)cc4)NCCC(F)(F)F)CC3)c21. The average Bonchev–Trinajstić information content (AvgIpc) is 3.12. The molecule has 0 bridgehead atoms. The van der Waals surface area contributed by atoms with Gasteiger partial charge in [0.25, 0.3) is 0 Å². The Kier molecular flexibility index (Phi) is 7.83. The van der Waals surface area contributed by atoms with Crippen molar-refractivity contribution >= 4 is 23.3 Å². The first-order chi connectivity index (χ1) is 16.6. The standard InChI is InChI=1S/C24H29ClF3N5O2/c1-15-12-19(34)21-20(15)22(31-14-30-21)32-8-10-33(11-9-32)23(35)18(29-7-6-24(26,27)28)13-16-2-4-17(25)5-3-16/h2-5,14-15,18-19,29,34H,6-13H2,1H3/t15-,18-,19-/m1/s1. The number of hydrogen-bond donors (Lipinski definition) is 2. The molecule has 7 nitrogen and oxygen atoms in total. The summed E-state index contributed by atoms with van der Waals surface area (Å²) in [5, 5.41) is 13.6. The number of fused-ring (bicyclic) bond motifs is 1. The van der Waals surface area contributed by atoms with Gasteiger partial charge in [-0.25, -0.2) is 9.97 Å². The number of alkyl halides is 3. The fourth-order valence-electron chi connectivity index (χ4n) is 4.80. The highest BCUT2D eigenvalue weighted by Gasteiger charge is 2.35. The second-order valence-corrected chi connectivity index (χ2v) is 9.60. The quantitative estimate of drug-likeness (QED) is 0.592. The van der Waals surface area contributed by atoms with Crippen LogP contribution in [0.5, 0.6) is 0 Å². The molecule has 2 heterocycles. The van der Waals surface area contributed by atoms with E-state index in [0.717, 1.165) is 16.9 Å². The van der Waals surface area contributed by atoms with Gasteiger partial charge in [0.05, 0.1) is 24.3 Å². The van der Waals surface area contributed by atoms with Crippen molar-refractivity contribution in [2.75, 3.05) is 37.6 Å². The molecule has 2 aromatic rings. The van der Waals surface area contributed by atoms with E-state index < -0.39 is 24.7 Å². The lowest BCUT2D eigenvalue weighted by molar-refractivity contribution is -0.138. The summed E-state index contributed by atoms with van der Waals surface area (Å²) in [5.41, 5.74) is 2.43. The molecular formula is C24H29ClF3N5O2. The number of hydrogen-bond acceptors (Lipinski definition) is 6. The molecule has 11 heteroatoms. The summed E-state index contributed by atoms with van der Waals surface area (Å²) < 4.78 is 38.1. The van der Waals surface area contributed by atoms with E-state index in [2.05, 4.69) is 20.2 Å². The third-order valence-electron chi connectivity index (χ3n) is 6.62. The van der Waals surface area contributed by atoms with Crippen LogP contribution in [-0.4, -0.2) is 70.8 Å². The van der Waals surface area contributed by atoms with Crippen molar-refractivity contribution in [3.63, 3.8) is 0 Å². The van der Waals surface area contributed by atoms with Crippen LogP contribution in [0, 0.1) is 0 Å². The Labute approximate surface area is 207 Å². The van der Waals surface area contributed by atoms with E-state index in [1.165, 1.54) is 6.33 Å². The third-order valence-corrected chi connectivity index (χ3v) is 6.87. The number of benzene rings is 1. The topological polar surface area (TPSA) is 81.6 Å². The smallest absolute Gasteiger partial charge is 0.387 e. The van der Waals surface area contributed by atoms with Crippen LogP contribution in [0.2, 0.25) is 5.02 Å². The number of nitrogens with one attached hydrogen (secondary N) is 1. The number of carbonyl (C=O) groups excluding carboxylic acids is 1. The fraction of sp³-hybridized carbons (Fsp3) is 0.542. The molecule has 1 amide bonds. The highest BCUT2D eigenvalue weighted by Crippen LogP contribution is 2.42. The van der Waals surface area contributed by atoms with Gasteiger partial charge in [-0.2, -0.15) is 13.2 Å². The minimum absolute atomic E-state index is 0.137. The van der Waals surface area contributed by atoms with E-state index in [1.807, 2.05) is 6.92 Å². The van der Waals surface area contributed by atoms with E-state index in [9.17, 15) is 23.1 Å². The number of piperazine rings is 1. The molecule has 1 aliphatic carbocycles. The zero-order chi connectivity index (χ0) is 25.2. The molecule has 0 spiro atoms. The molecule has 1 aliphatic heterocycles.